The SMILES string of the molecule is COP(O)OCCCO. The average Bonchev–Trinajstić information content (AvgIpc) is 1.89. The lowest BCUT2D eigenvalue weighted by atomic mass is 10.5. The summed E-state index contributed by atoms with van der Waals surface area (Å²) in [5.74, 6) is 0. The Kier molecular flexibility index (Phi) is 6.58. The molecule has 0 spiro atoms. The van der Waals surface area contributed by atoms with E-state index in [1.54, 1.807) is 0 Å². The van der Waals surface area contributed by atoms with Gasteiger partial charge in [0.05, 0.1) is 6.61 Å². The van der Waals surface area contributed by atoms with Gasteiger partial charge in [0.1, 0.15) is 0 Å². The second-order valence-corrected chi connectivity index (χ2v) is 2.43. The molecule has 0 bridgehead atoms. The van der Waals surface area contributed by atoms with Crippen LogP contribution < -0.4 is 0 Å². The Balaban J connectivity index is 2.88. The largest absolute Gasteiger partial charge is 0.396 e. The topological polar surface area (TPSA) is 58.9 Å². The van der Waals surface area contributed by atoms with E-state index >= 15 is 0 Å². The summed E-state index contributed by atoms with van der Waals surface area (Å²) in [6.07, 6.45) is 0.531. The Morgan fingerprint density at radius 1 is 1.56 bits per heavy atom. The molecule has 0 aromatic carbocycles. The third-order valence-corrected chi connectivity index (χ3v) is 1.38. The van der Waals surface area contributed by atoms with Crippen molar-refractivity contribution in [1.29, 1.82) is 0 Å². The van der Waals surface area contributed by atoms with E-state index in [-0.39, 0.29) is 6.61 Å². The molecule has 0 aliphatic heterocycles. The fraction of sp³-hybridized carbons (Fsp3) is 1.00. The van der Waals surface area contributed by atoms with Gasteiger partial charge in [0.2, 0.25) is 0 Å². The van der Waals surface area contributed by atoms with Crippen molar-refractivity contribution in [2.45, 2.75) is 6.42 Å². The predicted octanol–water partition coefficient (Wildman–Crippen LogP) is 0.251. The van der Waals surface area contributed by atoms with E-state index in [0.29, 0.717) is 13.0 Å². The van der Waals surface area contributed by atoms with E-state index in [4.69, 9.17) is 10.00 Å². The van der Waals surface area contributed by atoms with Crippen LogP contribution in [0.5, 0.6) is 0 Å². The molecule has 56 valence electrons. The van der Waals surface area contributed by atoms with Gasteiger partial charge in [-0.15, -0.1) is 0 Å². The van der Waals surface area contributed by atoms with Crippen LogP contribution in [0.3, 0.4) is 0 Å². The summed E-state index contributed by atoms with van der Waals surface area (Å²) in [5, 5.41) is 8.26. The molecule has 9 heavy (non-hydrogen) atoms. The van der Waals surface area contributed by atoms with Crippen molar-refractivity contribution < 1.29 is 19.0 Å². The third kappa shape index (κ3) is 6.15. The van der Waals surface area contributed by atoms with Crippen LogP contribution in [0.1, 0.15) is 6.42 Å². The van der Waals surface area contributed by atoms with Gasteiger partial charge < -0.3 is 19.0 Å². The molecule has 0 aromatic heterocycles. The first-order valence-electron chi connectivity index (χ1n) is 2.58. The minimum Gasteiger partial charge on any atom is -0.396 e. The van der Waals surface area contributed by atoms with Gasteiger partial charge in [-0.05, 0) is 6.42 Å². The Morgan fingerprint density at radius 2 is 2.22 bits per heavy atom. The Bertz CT molecular complexity index is 60.5. The van der Waals surface area contributed by atoms with Crippen LogP contribution in [0.25, 0.3) is 0 Å². The molecule has 0 heterocycles. The molecular formula is C4H11O4P. The first kappa shape index (κ1) is 9.27. The molecule has 5 heteroatoms. The fourth-order valence-electron chi connectivity index (χ4n) is 0.260. The number of aliphatic hydroxyl groups is 1. The van der Waals surface area contributed by atoms with Crippen molar-refractivity contribution in [2.24, 2.45) is 0 Å². The van der Waals surface area contributed by atoms with Crippen molar-refractivity contribution >= 4 is 8.60 Å². The molecule has 0 aromatic rings. The molecule has 0 radical (unpaired) electrons. The lowest BCUT2D eigenvalue weighted by Crippen LogP contribution is -1.93. The van der Waals surface area contributed by atoms with Crippen LogP contribution in [-0.2, 0) is 9.05 Å². The molecule has 0 fully saturated rings. The zero-order chi connectivity index (χ0) is 7.11. The molecule has 4 nitrogen and oxygen atoms in total. The van der Waals surface area contributed by atoms with Gasteiger partial charge in [-0.1, -0.05) is 0 Å². The number of hydrogen-bond acceptors (Lipinski definition) is 4. The normalized spacial score (nSPS) is 13.7. The summed E-state index contributed by atoms with van der Waals surface area (Å²) in [5.41, 5.74) is 0. The quantitative estimate of drug-likeness (QED) is 0.440. The fourth-order valence-corrected chi connectivity index (χ4v) is 0.651. The number of hydrogen-bond donors (Lipinski definition) is 2. The Morgan fingerprint density at radius 3 is 2.67 bits per heavy atom. The van der Waals surface area contributed by atoms with E-state index < -0.39 is 8.60 Å². The lowest BCUT2D eigenvalue weighted by molar-refractivity contribution is 0.199. The summed E-state index contributed by atoms with van der Waals surface area (Å²) in [6, 6.07) is 0. The van der Waals surface area contributed by atoms with Gasteiger partial charge in [0, 0.05) is 13.7 Å². The second-order valence-electron chi connectivity index (χ2n) is 1.33. The minimum absolute atomic E-state index is 0.0763. The van der Waals surface area contributed by atoms with Crippen molar-refractivity contribution in [3.63, 3.8) is 0 Å². The van der Waals surface area contributed by atoms with Gasteiger partial charge in [-0.2, -0.15) is 0 Å². The molecular weight excluding hydrogens is 143 g/mol. The summed E-state index contributed by atoms with van der Waals surface area (Å²) in [4.78, 5) is 8.62. The summed E-state index contributed by atoms with van der Waals surface area (Å²) < 4.78 is 9.08. The Hall–Kier alpha value is 0.270. The van der Waals surface area contributed by atoms with E-state index in [9.17, 15) is 0 Å². The van der Waals surface area contributed by atoms with Crippen molar-refractivity contribution in [3.05, 3.63) is 0 Å². The van der Waals surface area contributed by atoms with Gasteiger partial charge in [0.15, 0.2) is 0 Å². The minimum atomic E-state index is -1.70. The second kappa shape index (κ2) is 6.39. The molecule has 0 saturated heterocycles. The maximum absolute atomic E-state index is 8.62. The molecule has 0 amide bonds. The highest BCUT2D eigenvalue weighted by atomic mass is 31.2. The summed E-state index contributed by atoms with van der Waals surface area (Å²) in [7, 11) is -0.335. The van der Waals surface area contributed by atoms with Gasteiger partial charge in [-0.3, -0.25) is 0 Å². The van der Waals surface area contributed by atoms with E-state index in [2.05, 4.69) is 9.05 Å². The van der Waals surface area contributed by atoms with E-state index in [0.717, 1.165) is 0 Å². The zero-order valence-electron chi connectivity index (χ0n) is 5.28. The number of aliphatic hydroxyl groups excluding tert-OH is 1. The maximum atomic E-state index is 8.62. The molecule has 2 N–H and O–H groups in total. The zero-order valence-corrected chi connectivity index (χ0v) is 6.17. The Labute approximate surface area is 55.4 Å². The smallest absolute Gasteiger partial charge is 0.329 e. The van der Waals surface area contributed by atoms with Crippen LogP contribution in [0.4, 0.5) is 0 Å². The molecule has 0 aliphatic rings. The molecule has 0 aliphatic carbocycles. The molecule has 0 rings (SSSR count). The van der Waals surface area contributed by atoms with Gasteiger partial charge >= 0.3 is 8.60 Å². The van der Waals surface area contributed by atoms with Crippen LogP contribution in [0.2, 0.25) is 0 Å². The van der Waals surface area contributed by atoms with Crippen LogP contribution >= 0.6 is 8.60 Å². The summed E-state index contributed by atoms with van der Waals surface area (Å²) in [6.45, 7) is 0.416. The van der Waals surface area contributed by atoms with E-state index in [1.165, 1.54) is 7.11 Å². The van der Waals surface area contributed by atoms with Gasteiger partial charge in [0.25, 0.3) is 0 Å². The molecule has 1 atom stereocenters. The summed E-state index contributed by atoms with van der Waals surface area (Å²) >= 11 is 0. The average molecular weight is 154 g/mol. The van der Waals surface area contributed by atoms with Crippen LogP contribution in [0.15, 0.2) is 0 Å². The van der Waals surface area contributed by atoms with Crippen molar-refractivity contribution in [1.82, 2.24) is 0 Å². The monoisotopic (exact) mass is 154 g/mol. The lowest BCUT2D eigenvalue weighted by Gasteiger charge is -2.05. The predicted molar refractivity (Wildman–Crippen MR) is 33.8 cm³/mol. The highest BCUT2D eigenvalue weighted by Crippen LogP contribution is 2.30. The van der Waals surface area contributed by atoms with Crippen LogP contribution in [-0.4, -0.2) is 30.3 Å². The molecule has 1 unspecified atom stereocenters. The maximum Gasteiger partial charge on any atom is 0.329 e. The van der Waals surface area contributed by atoms with Crippen LogP contribution in [0, 0.1) is 0 Å². The van der Waals surface area contributed by atoms with E-state index in [1.807, 2.05) is 0 Å². The highest BCUT2D eigenvalue weighted by molar-refractivity contribution is 7.40. The highest BCUT2D eigenvalue weighted by Gasteiger charge is 2.00. The molecule has 0 saturated carbocycles. The van der Waals surface area contributed by atoms with Gasteiger partial charge in [-0.25, -0.2) is 0 Å². The number of rotatable bonds is 5. The first-order valence-corrected chi connectivity index (χ1v) is 3.71. The van der Waals surface area contributed by atoms with Crippen molar-refractivity contribution in [3.8, 4) is 0 Å². The first-order chi connectivity index (χ1) is 4.31. The van der Waals surface area contributed by atoms with Crippen molar-refractivity contribution in [2.75, 3.05) is 20.3 Å². The standard InChI is InChI=1S/C4H11O4P/c1-7-9(6)8-4-2-3-5/h5-6H,2-4H2,1H3. The third-order valence-electron chi connectivity index (χ3n) is 0.660.